The second kappa shape index (κ2) is 6.32. The molecular weight excluding hydrogens is 328 g/mol. The highest BCUT2D eigenvalue weighted by molar-refractivity contribution is 5.96. The first kappa shape index (κ1) is 16.0. The largest absolute Gasteiger partial charge is 0.507 e. The SMILES string of the molecule is O=[N+]([O-])c1ccc(N=Nc2ccc(O)c3ccccc23)c([N+](=O)[O-])c1. The minimum Gasteiger partial charge on any atom is -0.507 e. The Labute approximate surface area is 140 Å². The molecule has 25 heavy (non-hydrogen) atoms. The van der Waals surface area contributed by atoms with Crippen LogP contribution in [0.2, 0.25) is 0 Å². The van der Waals surface area contributed by atoms with Crippen LogP contribution in [0.1, 0.15) is 0 Å². The minimum absolute atomic E-state index is 0.0795. The van der Waals surface area contributed by atoms with Crippen molar-refractivity contribution in [2.45, 2.75) is 0 Å². The Balaban J connectivity index is 2.07. The molecule has 0 aromatic heterocycles. The molecule has 9 heteroatoms. The highest BCUT2D eigenvalue weighted by atomic mass is 16.6. The summed E-state index contributed by atoms with van der Waals surface area (Å²) in [5.74, 6) is 0.0795. The number of hydrogen-bond donors (Lipinski definition) is 1. The smallest absolute Gasteiger partial charge is 0.303 e. The molecule has 0 heterocycles. The molecule has 1 N–H and O–H groups in total. The zero-order valence-corrected chi connectivity index (χ0v) is 12.6. The summed E-state index contributed by atoms with van der Waals surface area (Å²) in [5, 5.41) is 40.8. The third-order valence-electron chi connectivity index (χ3n) is 3.51. The van der Waals surface area contributed by atoms with Gasteiger partial charge in [0.25, 0.3) is 5.69 Å². The van der Waals surface area contributed by atoms with Crippen LogP contribution in [0.5, 0.6) is 5.75 Å². The highest BCUT2D eigenvalue weighted by Crippen LogP contribution is 2.36. The van der Waals surface area contributed by atoms with Crippen molar-refractivity contribution in [1.29, 1.82) is 0 Å². The third-order valence-corrected chi connectivity index (χ3v) is 3.51. The van der Waals surface area contributed by atoms with Crippen molar-refractivity contribution in [2.24, 2.45) is 10.2 Å². The zero-order chi connectivity index (χ0) is 18.0. The quantitative estimate of drug-likeness (QED) is 0.415. The molecule has 9 nitrogen and oxygen atoms in total. The standard InChI is InChI=1S/C16H10N4O5/c21-16-8-7-13(11-3-1-2-4-12(11)16)17-18-14-6-5-10(19(22)23)9-15(14)20(24)25/h1-9,21H. The van der Waals surface area contributed by atoms with Crippen molar-refractivity contribution < 1.29 is 15.0 Å². The first-order valence-electron chi connectivity index (χ1n) is 7.02. The number of rotatable bonds is 4. The van der Waals surface area contributed by atoms with Gasteiger partial charge in [0.15, 0.2) is 5.69 Å². The molecule has 0 radical (unpaired) electrons. The van der Waals surface area contributed by atoms with E-state index in [9.17, 15) is 25.3 Å². The number of benzene rings is 3. The average molecular weight is 338 g/mol. The van der Waals surface area contributed by atoms with E-state index in [1.165, 1.54) is 18.2 Å². The van der Waals surface area contributed by atoms with E-state index >= 15 is 0 Å². The second-order valence-corrected chi connectivity index (χ2v) is 5.04. The number of non-ortho nitro benzene ring substituents is 1. The number of fused-ring (bicyclic) bond motifs is 1. The van der Waals surface area contributed by atoms with Gasteiger partial charge in [-0.05, 0) is 18.2 Å². The molecule has 3 rings (SSSR count). The first-order chi connectivity index (χ1) is 12.0. The van der Waals surface area contributed by atoms with E-state index < -0.39 is 21.2 Å². The lowest BCUT2D eigenvalue weighted by Gasteiger charge is -2.03. The van der Waals surface area contributed by atoms with Gasteiger partial charge in [-0.2, -0.15) is 0 Å². The monoisotopic (exact) mass is 338 g/mol. The van der Waals surface area contributed by atoms with Crippen LogP contribution in [-0.4, -0.2) is 15.0 Å². The molecule has 0 aliphatic carbocycles. The Hall–Kier alpha value is -3.88. The minimum atomic E-state index is -0.754. The Morgan fingerprint density at radius 1 is 0.800 bits per heavy atom. The third kappa shape index (κ3) is 3.11. The van der Waals surface area contributed by atoms with Gasteiger partial charge in [-0.25, -0.2) is 0 Å². The highest BCUT2D eigenvalue weighted by Gasteiger charge is 2.19. The summed E-state index contributed by atoms with van der Waals surface area (Å²) in [6.45, 7) is 0. The van der Waals surface area contributed by atoms with E-state index in [-0.39, 0.29) is 11.4 Å². The van der Waals surface area contributed by atoms with Crippen molar-refractivity contribution in [2.75, 3.05) is 0 Å². The molecule has 0 amide bonds. The molecule has 0 atom stereocenters. The van der Waals surface area contributed by atoms with Gasteiger partial charge in [-0.3, -0.25) is 20.2 Å². The number of nitro benzene ring substituents is 2. The predicted octanol–water partition coefficient (Wildman–Crippen LogP) is 4.78. The fraction of sp³-hybridized carbons (Fsp3) is 0. The normalized spacial score (nSPS) is 11.0. The Morgan fingerprint density at radius 3 is 2.12 bits per heavy atom. The van der Waals surface area contributed by atoms with E-state index in [4.69, 9.17) is 0 Å². The number of hydrogen-bond acceptors (Lipinski definition) is 7. The number of azo groups is 1. The molecule has 0 saturated carbocycles. The number of phenolic OH excluding ortho intramolecular Hbond substituents is 1. The Morgan fingerprint density at radius 2 is 1.44 bits per heavy atom. The Bertz CT molecular complexity index is 1030. The zero-order valence-electron chi connectivity index (χ0n) is 12.6. The van der Waals surface area contributed by atoms with Crippen LogP contribution in [-0.2, 0) is 0 Å². The molecule has 0 spiro atoms. The lowest BCUT2D eigenvalue weighted by Crippen LogP contribution is -1.92. The van der Waals surface area contributed by atoms with E-state index in [0.29, 0.717) is 16.5 Å². The van der Waals surface area contributed by atoms with Crippen molar-refractivity contribution in [3.63, 3.8) is 0 Å². The van der Waals surface area contributed by atoms with Crippen LogP contribution in [0.3, 0.4) is 0 Å². The molecule has 0 saturated heterocycles. The van der Waals surface area contributed by atoms with Gasteiger partial charge < -0.3 is 5.11 Å². The molecule has 0 unspecified atom stereocenters. The summed E-state index contributed by atoms with van der Waals surface area (Å²) in [7, 11) is 0. The average Bonchev–Trinajstić information content (AvgIpc) is 2.61. The number of nitrogens with zero attached hydrogens (tertiary/aromatic N) is 4. The van der Waals surface area contributed by atoms with Gasteiger partial charge in [0, 0.05) is 16.8 Å². The van der Waals surface area contributed by atoms with Crippen molar-refractivity contribution in [3.8, 4) is 5.75 Å². The topological polar surface area (TPSA) is 131 Å². The van der Waals surface area contributed by atoms with Crippen LogP contribution in [0.4, 0.5) is 22.7 Å². The van der Waals surface area contributed by atoms with E-state index in [2.05, 4.69) is 10.2 Å². The van der Waals surface area contributed by atoms with Crippen LogP contribution in [0, 0.1) is 20.2 Å². The van der Waals surface area contributed by atoms with Gasteiger partial charge in [0.2, 0.25) is 0 Å². The number of phenols is 1. The maximum atomic E-state index is 11.1. The van der Waals surface area contributed by atoms with Gasteiger partial charge in [-0.1, -0.05) is 24.3 Å². The number of nitro groups is 2. The summed E-state index contributed by atoms with van der Waals surface area (Å²) in [4.78, 5) is 20.4. The van der Waals surface area contributed by atoms with Gasteiger partial charge >= 0.3 is 5.69 Å². The van der Waals surface area contributed by atoms with Crippen LogP contribution < -0.4 is 0 Å². The van der Waals surface area contributed by atoms with Gasteiger partial charge in [-0.15, -0.1) is 10.2 Å². The van der Waals surface area contributed by atoms with Gasteiger partial charge in [0.1, 0.15) is 5.75 Å². The first-order valence-corrected chi connectivity index (χ1v) is 7.02. The molecule has 3 aromatic carbocycles. The Kier molecular flexibility index (Phi) is 4.04. The molecule has 0 bridgehead atoms. The molecule has 0 aliphatic rings. The summed E-state index contributed by atoms with van der Waals surface area (Å²) in [5.41, 5.74) is -0.615. The maximum absolute atomic E-state index is 11.1. The van der Waals surface area contributed by atoms with E-state index in [1.54, 1.807) is 24.3 Å². The molecule has 0 aliphatic heterocycles. The van der Waals surface area contributed by atoms with Crippen molar-refractivity contribution in [3.05, 3.63) is 74.8 Å². The second-order valence-electron chi connectivity index (χ2n) is 5.04. The van der Waals surface area contributed by atoms with Gasteiger partial charge in [0.05, 0.1) is 21.6 Å². The fourth-order valence-corrected chi connectivity index (χ4v) is 2.32. The van der Waals surface area contributed by atoms with Crippen LogP contribution in [0.25, 0.3) is 10.8 Å². The molecule has 0 fully saturated rings. The lowest BCUT2D eigenvalue weighted by atomic mass is 10.1. The lowest BCUT2D eigenvalue weighted by molar-refractivity contribution is -0.393. The van der Waals surface area contributed by atoms with E-state index in [1.807, 2.05) is 0 Å². The molecular formula is C16H10N4O5. The summed E-state index contributed by atoms with van der Waals surface area (Å²) < 4.78 is 0. The predicted molar refractivity (Wildman–Crippen MR) is 89.5 cm³/mol. The fourth-order valence-electron chi connectivity index (χ4n) is 2.32. The van der Waals surface area contributed by atoms with Crippen LogP contribution >= 0.6 is 0 Å². The maximum Gasteiger partial charge on any atom is 0.303 e. The van der Waals surface area contributed by atoms with Crippen molar-refractivity contribution in [1.82, 2.24) is 0 Å². The summed E-state index contributed by atoms with van der Waals surface area (Å²) in [6.07, 6.45) is 0. The summed E-state index contributed by atoms with van der Waals surface area (Å²) in [6, 6.07) is 13.0. The molecule has 124 valence electrons. The van der Waals surface area contributed by atoms with Crippen molar-refractivity contribution >= 4 is 33.5 Å². The molecule has 3 aromatic rings. The van der Waals surface area contributed by atoms with E-state index in [0.717, 1.165) is 12.1 Å². The van der Waals surface area contributed by atoms with Crippen LogP contribution in [0.15, 0.2) is 64.8 Å². The number of aromatic hydroxyl groups is 1. The summed E-state index contributed by atoms with van der Waals surface area (Å²) >= 11 is 0.